The lowest BCUT2D eigenvalue weighted by molar-refractivity contribution is 0.0964. The first-order valence-corrected chi connectivity index (χ1v) is 6.11. The Morgan fingerprint density at radius 1 is 1.05 bits per heavy atom. The number of amides is 2. The van der Waals surface area contributed by atoms with Crippen molar-refractivity contribution in [2.75, 3.05) is 12.4 Å². The molecule has 0 aliphatic rings. The predicted octanol–water partition coefficient (Wildman–Crippen LogP) is 1.74. The van der Waals surface area contributed by atoms with Crippen molar-refractivity contribution in [2.24, 2.45) is 0 Å². The van der Waals surface area contributed by atoms with Gasteiger partial charge in [0.2, 0.25) is 0 Å². The van der Waals surface area contributed by atoms with Gasteiger partial charge in [-0.25, -0.2) is 0 Å². The number of para-hydroxylation sites is 1. The number of anilines is 1. The first kappa shape index (κ1) is 14.0. The zero-order valence-electron chi connectivity index (χ0n) is 10.6. The summed E-state index contributed by atoms with van der Waals surface area (Å²) >= 11 is 5.60. The van der Waals surface area contributed by atoms with E-state index in [1.165, 1.54) is 19.2 Å². The molecule has 0 saturated carbocycles. The number of hydrogen-bond acceptors (Lipinski definition) is 4. The summed E-state index contributed by atoms with van der Waals surface area (Å²) in [5.41, 5.74) is 0.875. The van der Waals surface area contributed by atoms with E-state index in [1.54, 1.807) is 24.3 Å². The molecule has 1 aromatic carbocycles. The molecule has 1 aromatic heterocycles. The van der Waals surface area contributed by atoms with Crippen LogP contribution < -0.4 is 10.6 Å². The molecule has 0 aliphatic heterocycles. The Kier molecular flexibility index (Phi) is 4.27. The summed E-state index contributed by atoms with van der Waals surface area (Å²) in [7, 11) is 1.52. The van der Waals surface area contributed by atoms with Gasteiger partial charge in [-0.1, -0.05) is 23.7 Å². The van der Waals surface area contributed by atoms with E-state index in [-0.39, 0.29) is 16.8 Å². The quantitative estimate of drug-likeness (QED) is 0.902. The molecule has 2 aromatic rings. The minimum Gasteiger partial charge on any atom is -0.355 e. The second-order valence-corrected chi connectivity index (χ2v) is 4.21. The van der Waals surface area contributed by atoms with Crippen LogP contribution in [0.1, 0.15) is 20.8 Å². The first-order valence-electron chi connectivity index (χ1n) is 5.73. The SMILES string of the molecule is CNC(=O)c1ccccc1NC(=O)c1ccc(Cl)nn1. The van der Waals surface area contributed by atoms with E-state index >= 15 is 0 Å². The standard InChI is InChI=1S/C13H11ClN4O2/c1-15-12(19)8-4-2-3-5-9(8)16-13(20)10-6-7-11(14)18-17-10/h2-7H,1H3,(H,15,19)(H,16,20). The topological polar surface area (TPSA) is 84.0 Å². The number of hydrogen-bond donors (Lipinski definition) is 2. The number of carbonyl (C=O) groups is 2. The minimum absolute atomic E-state index is 0.112. The Balaban J connectivity index is 2.24. The average Bonchev–Trinajstić information content (AvgIpc) is 2.47. The van der Waals surface area contributed by atoms with E-state index in [2.05, 4.69) is 20.8 Å². The van der Waals surface area contributed by atoms with Gasteiger partial charge in [-0.2, -0.15) is 0 Å². The van der Waals surface area contributed by atoms with Crippen molar-refractivity contribution in [2.45, 2.75) is 0 Å². The molecule has 0 bridgehead atoms. The van der Waals surface area contributed by atoms with Crippen LogP contribution in [0.4, 0.5) is 5.69 Å². The maximum absolute atomic E-state index is 12.0. The molecule has 2 amide bonds. The van der Waals surface area contributed by atoms with Crippen LogP contribution in [0.3, 0.4) is 0 Å². The van der Waals surface area contributed by atoms with Gasteiger partial charge >= 0.3 is 0 Å². The van der Waals surface area contributed by atoms with Gasteiger partial charge in [0.05, 0.1) is 11.3 Å². The van der Waals surface area contributed by atoms with Crippen molar-refractivity contribution in [3.05, 3.63) is 52.8 Å². The predicted molar refractivity (Wildman–Crippen MR) is 74.8 cm³/mol. The molecule has 0 unspecified atom stereocenters. The molecule has 0 spiro atoms. The summed E-state index contributed by atoms with van der Waals surface area (Å²) in [6.07, 6.45) is 0. The van der Waals surface area contributed by atoms with Gasteiger partial charge < -0.3 is 10.6 Å². The molecular weight excluding hydrogens is 280 g/mol. The molecule has 102 valence electrons. The van der Waals surface area contributed by atoms with Gasteiger partial charge in [-0.3, -0.25) is 9.59 Å². The third kappa shape index (κ3) is 3.10. The lowest BCUT2D eigenvalue weighted by Crippen LogP contribution is -2.22. The van der Waals surface area contributed by atoms with Crippen molar-refractivity contribution >= 4 is 29.1 Å². The summed E-state index contributed by atoms with van der Waals surface area (Å²) in [5, 5.41) is 12.6. The summed E-state index contributed by atoms with van der Waals surface area (Å²) in [6.45, 7) is 0. The highest BCUT2D eigenvalue weighted by Gasteiger charge is 2.13. The smallest absolute Gasteiger partial charge is 0.276 e. The number of nitrogens with zero attached hydrogens (tertiary/aromatic N) is 2. The van der Waals surface area contributed by atoms with Crippen molar-refractivity contribution in [1.29, 1.82) is 0 Å². The number of carbonyl (C=O) groups excluding carboxylic acids is 2. The zero-order chi connectivity index (χ0) is 14.5. The van der Waals surface area contributed by atoms with Gasteiger partial charge in [0.15, 0.2) is 10.8 Å². The van der Waals surface area contributed by atoms with E-state index in [0.717, 1.165) is 0 Å². The van der Waals surface area contributed by atoms with E-state index in [0.29, 0.717) is 11.3 Å². The largest absolute Gasteiger partial charge is 0.355 e. The zero-order valence-corrected chi connectivity index (χ0v) is 11.3. The van der Waals surface area contributed by atoms with Gasteiger partial charge in [0, 0.05) is 7.05 Å². The van der Waals surface area contributed by atoms with E-state index < -0.39 is 5.91 Å². The highest BCUT2D eigenvalue weighted by atomic mass is 35.5. The van der Waals surface area contributed by atoms with Crippen LogP contribution in [-0.2, 0) is 0 Å². The van der Waals surface area contributed by atoms with E-state index in [4.69, 9.17) is 11.6 Å². The lowest BCUT2D eigenvalue weighted by Gasteiger charge is -2.09. The molecule has 0 saturated heterocycles. The fraction of sp³-hybridized carbons (Fsp3) is 0.0769. The molecule has 0 aliphatic carbocycles. The van der Waals surface area contributed by atoms with Gasteiger partial charge in [-0.15, -0.1) is 10.2 Å². The average molecular weight is 291 g/mol. The van der Waals surface area contributed by atoms with Crippen LogP contribution in [0.25, 0.3) is 0 Å². The Labute approximate surface area is 120 Å². The van der Waals surface area contributed by atoms with E-state index in [1.807, 2.05) is 0 Å². The number of benzene rings is 1. The fourth-order valence-electron chi connectivity index (χ4n) is 1.55. The molecule has 6 nitrogen and oxygen atoms in total. The second kappa shape index (κ2) is 6.12. The number of nitrogens with one attached hydrogen (secondary N) is 2. The van der Waals surface area contributed by atoms with Crippen molar-refractivity contribution in [3.63, 3.8) is 0 Å². The Morgan fingerprint density at radius 3 is 2.45 bits per heavy atom. The summed E-state index contributed by atoms with van der Waals surface area (Å²) in [6, 6.07) is 9.59. The van der Waals surface area contributed by atoms with Crippen LogP contribution in [0.5, 0.6) is 0 Å². The van der Waals surface area contributed by atoms with Crippen LogP contribution >= 0.6 is 11.6 Å². The monoisotopic (exact) mass is 290 g/mol. The third-order valence-electron chi connectivity index (χ3n) is 2.51. The summed E-state index contributed by atoms with van der Waals surface area (Å²) in [5.74, 6) is -0.756. The lowest BCUT2D eigenvalue weighted by atomic mass is 10.1. The van der Waals surface area contributed by atoms with Crippen LogP contribution in [-0.4, -0.2) is 29.1 Å². The maximum Gasteiger partial charge on any atom is 0.276 e. The second-order valence-electron chi connectivity index (χ2n) is 3.82. The normalized spacial score (nSPS) is 9.90. The molecule has 0 radical (unpaired) electrons. The molecule has 0 fully saturated rings. The van der Waals surface area contributed by atoms with Crippen LogP contribution in [0.15, 0.2) is 36.4 Å². The fourth-order valence-corrected chi connectivity index (χ4v) is 1.65. The van der Waals surface area contributed by atoms with Crippen molar-refractivity contribution in [1.82, 2.24) is 15.5 Å². The maximum atomic E-state index is 12.0. The summed E-state index contributed by atoms with van der Waals surface area (Å²) < 4.78 is 0. The van der Waals surface area contributed by atoms with Crippen molar-refractivity contribution in [3.8, 4) is 0 Å². The molecular formula is C13H11ClN4O2. The van der Waals surface area contributed by atoms with Gasteiger partial charge in [0.25, 0.3) is 11.8 Å². The highest BCUT2D eigenvalue weighted by molar-refractivity contribution is 6.29. The van der Waals surface area contributed by atoms with Crippen molar-refractivity contribution < 1.29 is 9.59 Å². The first-order chi connectivity index (χ1) is 9.61. The minimum atomic E-state index is -0.467. The summed E-state index contributed by atoms with van der Waals surface area (Å²) in [4.78, 5) is 23.7. The van der Waals surface area contributed by atoms with E-state index in [9.17, 15) is 9.59 Å². The molecule has 7 heteroatoms. The molecule has 2 rings (SSSR count). The van der Waals surface area contributed by atoms with Crippen LogP contribution in [0.2, 0.25) is 5.15 Å². The number of halogens is 1. The third-order valence-corrected chi connectivity index (χ3v) is 2.71. The van der Waals surface area contributed by atoms with Crippen LogP contribution in [0, 0.1) is 0 Å². The Bertz CT molecular complexity index is 643. The highest BCUT2D eigenvalue weighted by Crippen LogP contribution is 2.15. The Hall–Kier alpha value is -2.47. The number of aromatic nitrogens is 2. The number of rotatable bonds is 3. The Morgan fingerprint density at radius 2 is 1.80 bits per heavy atom. The molecule has 2 N–H and O–H groups in total. The molecule has 20 heavy (non-hydrogen) atoms. The van der Waals surface area contributed by atoms with Gasteiger partial charge in [0.1, 0.15) is 0 Å². The molecule has 1 heterocycles. The molecule has 0 atom stereocenters. The van der Waals surface area contributed by atoms with Gasteiger partial charge in [-0.05, 0) is 24.3 Å².